The molecule has 0 aliphatic heterocycles. The monoisotopic (exact) mass is 307 g/mol. The summed E-state index contributed by atoms with van der Waals surface area (Å²) in [7, 11) is 1.26. The zero-order valence-corrected chi connectivity index (χ0v) is 12.6. The third-order valence-electron chi connectivity index (χ3n) is 1.83. The van der Waals surface area contributed by atoms with Gasteiger partial charge in [-0.15, -0.1) is 0 Å². The van der Waals surface area contributed by atoms with E-state index in [9.17, 15) is 19.2 Å². The van der Waals surface area contributed by atoms with Crippen LogP contribution in [0.5, 0.6) is 0 Å². The van der Waals surface area contributed by atoms with Crippen LogP contribution in [0.1, 0.15) is 32.1 Å². The first-order valence-corrected chi connectivity index (χ1v) is 5.88. The molecule has 0 atom stereocenters. The Labute approximate surface area is 127 Å². The van der Waals surface area contributed by atoms with E-state index in [0.717, 1.165) is 0 Å². The number of carboxylic acid groups (broad SMARTS) is 1. The Morgan fingerprint density at radius 3 is 1.57 bits per heavy atom. The molecule has 0 rings (SSSR count). The fourth-order valence-electron chi connectivity index (χ4n) is 0.979. The van der Waals surface area contributed by atoms with Crippen LogP contribution in [0.3, 0.4) is 0 Å². The van der Waals surface area contributed by atoms with Crippen molar-refractivity contribution in [3.05, 3.63) is 23.5 Å². The van der Waals surface area contributed by atoms with Crippen LogP contribution in [0.25, 0.3) is 0 Å². The summed E-state index contributed by atoms with van der Waals surface area (Å²) in [6.45, 7) is 5.76. The summed E-state index contributed by atoms with van der Waals surface area (Å²) in [6.07, 6.45) is 2.80. The number of nitrogens with one attached hydrogen (secondary N) is 2. The van der Waals surface area contributed by atoms with Gasteiger partial charge >= 0.3 is 11.9 Å². The van der Waals surface area contributed by atoms with Crippen LogP contribution in [-0.2, 0) is 23.9 Å². The molecule has 8 nitrogen and oxygen atoms in total. The highest BCUT2D eigenvalue weighted by molar-refractivity contribution is 5.93. The van der Waals surface area contributed by atoms with Gasteiger partial charge in [0.25, 0.3) is 0 Å². The summed E-state index contributed by atoms with van der Waals surface area (Å²) in [5.74, 6) is -2.33. The van der Waals surface area contributed by atoms with E-state index in [1.165, 1.54) is 33.1 Å². The smallest absolute Gasteiger partial charge is 0.354 e. The standard InChI is InChI=1S/C7H11NO3.C6H9NO3.2H2/c1-4-6(7(10)11-3)8-5(2)9;1-3-5(6(9)10)7-4(2)8;;/h4H,1-3H3,(H,8,9);3H,1-2H3,(H,7,8)(H,9,10);2*1H/b6-4-;5-3-;;/i;;1+1D;1+1. The highest BCUT2D eigenvalue weighted by Gasteiger charge is 2.08. The lowest BCUT2D eigenvalue weighted by atomic mass is 10.4. The summed E-state index contributed by atoms with van der Waals surface area (Å²) in [6, 6.07) is 0. The van der Waals surface area contributed by atoms with Gasteiger partial charge in [0.2, 0.25) is 11.8 Å². The fourth-order valence-corrected chi connectivity index (χ4v) is 0.979. The van der Waals surface area contributed by atoms with Crippen molar-refractivity contribution in [2.24, 2.45) is 0 Å². The Morgan fingerprint density at radius 2 is 1.38 bits per heavy atom. The molecule has 0 radical (unpaired) electrons. The van der Waals surface area contributed by atoms with Gasteiger partial charge in [0.05, 0.1) is 7.11 Å². The first-order valence-electron chi connectivity index (χ1n) is 6.88. The van der Waals surface area contributed by atoms with E-state index in [-0.39, 0.29) is 24.6 Å². The minimum atomic E-state index is -1.13. The number of hydrogen-bond donors (Lipinski definition) is 3. The number of allylic oxidation sites excluding steroid dienone is 2. The van der Waals surface area contributed by atoms with Gasteiger partial charge in [-0.3, -0.25) is 9.59 Å². The molecule has 0 aromatic rings. The molecular formula is C13H24N2O6. The van der Waals surface area contributed by atoms with Crippen LogP contribution in [0.4, 0.5) is 0 Å². The summed E-state index contributed by atoms with van der Waals surface area (Å²) in [5.41, 5.74) is 0.0764. The van der Waals surface area contributed by atoms with Crippen LogP contribution in [0.2, 0.25) is 0 Å². The molecule has 0 saturated carbocycles. The van der Waals surface area contributed by atoms with Crippen molar-refractivity contribution >= 4 is 23.8 Å². The number of amides is 2. The number of carbonyl (C=O) groups is 4. The normalized spacial score (nSPS) is 11.1. The first kappa shape index (κ1) is 18.4. The van der Waals surface area contributed by atoms with Gasteiger partial charge in [-0.25, -0.2) is 9.59 Å². The maximum atomic E-state index is 10.8. The number of aliphatic carboxylic acids is 1. The lowest BCUT2D eigenvalue weighted by Crippen LogP contribution is -2.25. The predicted octanol–water partition coefficient (Wildman–Crippen LogP) is 0.802. The second kappa shape index (κ2) is 11.2. The van der Waals surface area contributed by atoms with Crippen molar-refractivity contribution in [1.29, 1.82) is 0 Å². The van der Waals surface area contributed by atoms with Gasteiger partial charge in [0.15, 0.2) is 0 Å². The van der Waals surface area contributed by atoms with Gasteiger partial charge in [0, 0.05) is 18.2 Å². The number of rotatable bonds is 4. The SMILES string of the molecule is C/C=C(\NC(C)=O)C(=O)O.C/C=C(\NC(C)=O)C(=O)OC.[2HH].[2H][2H]. The molecule has 8 heteroatoms. The molecule has 0 bridgehead atoms. The quantitative estimate of drug-likeness (QED) is 0.521. The van der Waals surface area contributed by atoms with E-state index >= 15 is 0 Å². The van der Waals surface area contributed by atoms with Gasteiger partial charge in [-0.2, -0.15) is 0 Å². The molecule has 122 valence electrons. The maximum absolute atomic E-state index is 10.8. The van der Waals surface area contributed by atoms with Gasteiger partial charge in [-0.05, 0) is 13.8 Å². The Balaban J connectivity index is -0.000000146. The molecule has 0 fully saturated rings. The predicted molar refractivity (Wildman–Crippen MR) is 79.0 cm³/mol. The van der Waals surface area contributed by atoms with Crippen molar-refractivity contribution in [3.63, 3.8) is 0 Å². The second-order valence-electron chi connectivity index (χ2n) is 3.56. The maximum Gasteiger partial charge on any atom is 0.354 e. The molecule has 2 amide bonds. The lowest BCUT2D eigenvalue weighted by molar-refractivity contribution is -0.137. The highest BCUT2D eigenvalue weighted by atomic mass is 16.5. The van der Waals surface area contributed by atoms with Crippen molar-refractivity contribution in [1.82, 2.24) is 10.6 Å². The number of ether oxygens (including phenoxy) is 1. The Hall–Kier alpha value is -2.64. The minimum Gasteiger partial charge on any atom is -0.477 e. The molecule has 0 aromatic heterocycles. The zero-order chi connectivity index (χ0) is 19.0. The van der Waals surface area contributed by atoms with Crippen molar-refractivity contribution in [2.45, 2.75) is 27.7 Å². The first-order chi connectivity index (χ1) is 10.7. The molecule has 0 saturated heterocycles. The molecule has 0 aromatic carbocycles. The molecule has 0 unspecified atom stereocenters. The van der Waals surface area contributed by atoms with E-state index in [2.05, 4.69) is 15.4 Å². The van der Waals surface area contributed by atoms with Crippen LogP contribution < -0.4 is 10.6 Å². The number of esters is 1. The minimum absolute atomic E-state index is 0. The number of carbonyl (C=O) groups excluding carboxylic acids is 3. The van der Waals surface area contributed by atoms with Crippen molar-refractivity contribution < 1.29 is 33.4 Å². The van der Waals surface area contributed by atoms with Crippen LogP contribution in [-0.4, -0.2) is 36.0 Å². The number of hydrogen-bond acceptors (Lipinski definition) is 5. The Morgan fingerprint density at radius 1 is 1.00 bits per heavy atom. The Bertz CT molecular complexity index is 478. The van der Waals surface area contributed by atoms with Gasteiger partial charge in [-0.1, -0.05) is 12.2 Å². The van der Waals surface area contributed by atoms with E-state index in [4.69, 9.17) is 8.08 Å². The Kier molecular flexibility index (Phi) is 9.80. The molecule has 0 aliphatic rings. The van der Waals surface area contributed by atoms with E-state index in [1.54, 1.807) is 13.8 Å². The molecule has 0 heterocycles. The summed E-state index contributed by atoms with van der Waals surface area (Å²) >= 11 is 0. The highest BCUT2D eigenvalue weighted by Crippen LogP contribution is 1.91. The average molecular weight is 307 g/mol. The van der Waals surface area contributed by atoms with Crippen LogP contribution >= 0.6 is 0 Å². The summed E-state index contributed by atoms with van der Waals surface area (Å²) in [4.78, 5) is 41.7. The summed E-state index contributed by atoms with van der Waals surface area (Å²) in [5, 5.41) is 12.8. The van der Waals surface area contributed by atoms with Crippen molar-refractivity contribution in [2.75, 3.05) is 7.11 Å². The lowest BCUT2D eigenvalue weighted by Gasteiger charge is -2.03. The van der Waals surface area contributed by atoms with E-state index < -0.39 is 11.9 Å². The average Bonchev–Trinajstić information content (AvgIpc) is 2.51. The largest absolute Gasteiger partial charge is 0.477 e. The molecule has 3 N–H and O–H groups in total. The molecule has 21 heavy (non-hydrogen) atoms. The van der Waals surface area contributed by atoms with Gasteiger partial charge < -0.3 is 20.5 Å². The molecule has 0 aliphatic carbocycles. The topological polar surface area (TPSA) is 122 Å². The number of methoxy groups -OCH3 is 1. The van der Waals surface area contributed by atoms with Gasteiger partial charge in [0.1, 0.15) is 11.4 Å². The second-order valence-corrected chi connectivity index (χ2v) is 3.56. The van der Waals surface area contributed by atoms with Crippen LogP contribution in [0, 0.1) is 0 Å². The zero-order valence-electron chi connectivity index (χ0n) is 14.6. The third kappa shape index (κ3) is 10.9. The fraction of sp³-hybridized carbons (Fsp3) is 0.385. The van der Waals surface area contributed by atoms with E-state index in [0.29, 0.717) is 0 Å². The van der Waals surface area contributed by atoms with Crippen molar-refractivity contribution in [3.8, 4) is 0 Å². The molecular weight excluding hydrogens is 280 g/mol. The summed E-state index contributed by atoms with van der Waals surface area (Å²) < 4.78 is 14.4. The number of carboxylic acids is 1. The van der Waals surface area contributed by atoms with E-state index in [1.807, 2.05) is 0 Å². The molecule has 0 spiro atoms. The third-order valence-corrected chi connectivity index (χ3v) is 1.83. The van der Waals surface area contributed by atoms with Crippen LogP contribution in [0.15, 0.2) is 23.5 Å².